The largest absolute Gasteiger partial charge is 0.494 e. The Labute approximate surface area is 163 Å². The van der Waals surface area contributed by atoms with Crippen molar-refractivity contribution in [1.82, 2.24) is 10.3 Å². The van der Waals surface area contributed by atoms with Gasteiger partial charge in [0, 0.05) is 6.04 Å². The summed E-state index contributed by atoms with van der Waals surface area (Å²) in [7, 11) is 0. The Morgan fingerprint density at radius 3 is 3.04 bits per heavy atom. The van der Waals surface area contributed by atoms with E-state index in [9.17, 15) is 4.79 Å². The number of carbonyl (C=O) groups excluding carboxylic acids is 1. The third-order valence-corrected chi connectivity index (χ3v) is 7.96. The van der Waals surface area contributed by atoms with Crippen molar-refractivity contribution >= 4 is 39.2 Å². The molecule has 0 unspecified atom stereocenters. The molecule has 2 aliphatic rings. The summed E-state index contributed by atoms with van der Waals surface area (Å²) in [6.07, 6.45) is 5.45. The SMILES string of the molecule is CCOc1ccc2nc(SCC(=O)N[C@@H](C)[C@H]3C[C@@H]4CC[C@H]3C4)sc2c1. The van der Waals surface area contributed by atoms with Crippen LogP contribution in [-0.2, 0) is 4.79 Å². The van der Waals surface area contributed by atoms with Gasteiger partial charge in [-0.05, 0) is 69.1 Å². The number of thioether (sulfide) groups is 1. The smallest absolute Gasteiger partial charge is 0.230 e. The van der Waals surface area contributed by atoms with Gasteiger partial charge in [-0.1, -0.05) is 18.2 Å². The van der Waals surface area contributed by atoms with Crippen molar-refractivity contribution < 1.29 is 9.53 Å². The lowest BCUT2D eigenvalue weighted by atomic mass is 9.84. The predicted octanol–water partition coefficient (Wildman–Crippen LogP) is 4.73. The van der Waals surface area contributed by atoms with Gasteiger partial charge in [-0.3, -0.25) is 4.79 Å². The highest BCUT2D eigenvalue weighted by molar-refractivity contribution is 8.01. The average Bonchev–Trinajstić information content (AvgIpc) is 3.34. The first-order valence-electron chi connectivity index (χ1n) is 9.58. The lowest BCUT2D eigenvalue weighted by Gasteiger charge is -2.28. The number of aromatic nitrogens is 1. The van der Waals surface area contributed by atoms with E-state index in [0.29, 0.717) is 24.3 Å². The monoisotopic (exact) mass is 390 g/mol. The van der Waals surface area contributed by atoms with Crippen LogP contribution in [0.4, 0.5) is 0 Å². The van der Waals surface area contributed by atoms with Crippen molar-refractivity contribution in [3.05, 3.63) is 18.2 Å². The predicted molar refractivity (Wildman–Crippen MR) is 108 cm³/mol. The van der Waals surface area contributed by atoms with Crippen molar-refractivity contribution in [1.29, 1.82) is 0 Å². The summed E-state index contributed by atoms with van der Waals surface area (Å²) in [5.41, 5.74) is 0.969. The molecular formula is C20H26N2O2S2. The number of thiazole rings is 1. The molecular weight excluding hydrogens is 364 g/mol. The highest BCUT2D eigenvalue weighted by Crippen LogP contribution is 2.49. The van der Waals surface area contributed by atoms with Crippen molar-refractivity contribution in [2.24, 2.45) is 17.8 Å². The summed E-state index contributed by atoms with van der Waals surface area (Å²) < 4.78 is 7.59. The minimum atomic E-state index is 0.125. The van der Waals surface area contributed by atoms with Crippen LogP contribution in [0.3, 0.4) is 0 Å². The highest BCUT2D eigenvalue weighted by atomic mass is 32.2. The molecule has 1 amide bonds. The Bertz CT molecular complexity index is 791. The number of hydrogen-bond acceptors (Lipinski definition) is 5. The van der Waals surface area contributed by atoms with Crippen LogP contribution in [0, 0.1) is 17.8 Å². The number of ether oxygens (including phenoxy) is 1. The minimum absolute atomic E-state index is 0.125. The van der Waals surface area contributed by atoms with Gasteiger partial charge in [0.1, 0.15) is 5.75 Å². The number of nitrogens with zero attached hydrogens (tertiary/aromatic N) is 1. The number of fused-ring (bicyclic) bond motifs is 3. The summed E-state index contributed by atoms with van der Waals surface area (Å²) in [6.45, 7) is 4.82. The van der Waals surface area contributed by atoms with E-state index in [0.717, 1.165) is 32.1 Å². The summed E-state index contributed by atoms with van der Waals surface area (Å²) in [4.78, 5) is 17.0. The van der Waals surface area contributed by atoms with Crippen molar-refractivity contribution in [2.45, 2.75) is 49.9 Å². The molecule has 2 bridgehead atoms. The van der Waals surface area contributed by atoms with Crippen LogP contribution in [0.15, 0.2) is 22.5 Å². The number of benzene rings is 1. The maximum absolute atomic E-state index is 12.4. The first-order chi connectivity index (χ1) is 12.6. The topological polar surface area (TPSA) is 51.2 Å². The molecule has 1 aromatic carbocycles. The summed E-state index contributed by atoms with van der Waals surface area (Å²) >= 11 is 3.15. The van der Waals surface area contributed by atoms with Crippen LogP contribution in [0.2, 0.25) is 0 Å². The zero-order valence-corrected chi connectivity index (χ0v) is 17.0. The molecule has 26 heavy (non-hydrogen) atoms. The molecule has 2 aromatic rings. The van der Waals surface area contributed by atoms with Crippen LogP contribution in [-0.4, -0.2) is 29.3 Å². The van der Waals surface area contributed by atoms with E-state index in [2.05, 4.69) is 17.2 Å². The molecule has 2 saturated carbocycles. The van der Waals surface area contributed by atoms with Crippen molar-refractivity contribution in [3.63, 3.8) is 0 Å². The molecule has 2 fully saturated rings. The Morgan fingerprint density at radius 2 is 2.31 bits per heavy atom. The third kappa shape index (κ3) is 3.86. The molecule has 6 heteroatoms. The van der Waals surface area contributed by atoms with Crippen molar-refractivity contribution in [3.8, 4) is 5.75 Å². The third-order valence-electron chi connectivity index (χ3n) is 5.80. The molecule has 1 heterocycles. The van der Waals surface area contributed by atoms with Gasteiger partial charge in [-0.15, -0.1) is 11.3 Å². The molecule has 0 spiro atoms. The van der Waals surface area contributed by atoms with E-state index in [1.165, 1.54) is 37.4 Å². The molecule has 0 radical (unpaired) electrons. The zero-order chi connectivity index (χ0) is 18.1. The maximum atomic E-state index is 12.4. The van der Waals surface area contributed by atoms with E-state index in [4.69, 9.17) is 4.74 Å². The Morgan fingerprint density at radius 1 is 1.42 bits per heavy atom. The van der Waals surface area contributed by atoms with Gasteiger partial charge < -0.3 is 10.1 Å². The highest BCUT2D eigenvalue weighted by Gasteiger charge is 2.42. The normalized spacial score (nSPS) is 25.5. The standard InChI is InChI=1S/C20H26N2O2S2/c1-3-24-15-6-7-17-18(10-15)26-20(22-17)25-11-19(23)21-12(2)16-9-13-4-5-14(16)8-13/h6-7,10,12-14,16H,3-5,8-9,11H2,1-2H3,(H,21,23)/t12-,13+,14-,16+/m0/s1. The number of hydrogen-bond donors (Lipinski definition) is 1. The first-order valence-corrected chi connectivity index (χ1v) is 11.4. The van der Waals surface area contributed by atoms with Crippen LogP contribution < -0.4 is 10.1 Å². The number of nitrogens with one attached hydrogen (secondary N) is 1. The fourth-order valence-electron chi connectivity index (χ4n) is 4.64. The lowest BCUT2D eigenvalue weighted by molar-refractivity contribution is -0.119. The minimum Gasteiger partial charge on any atom is -0.494 e. The molecule has 0 aliphatic heterocycles. The first kappa shape index (κ1) is 18.1. The number of amides is 1. The lowest BCUT2D eigenvalue weighted by Crippen LogP contribution is -2.40. The van der Waals surface area contributed by atoms with Crippen LogP contribution >= 0.6 is 23.1 Å². The van der Waals surface area contributed by atoms with Gasteiger partial charge >= 0.3 is 0 Å². The second-order valence-electron chi connectivity index (χ2n) is 7.53. The molecule has 2 aliphatic carbocycles. The van der Waals surface area contributed by atoms with Gasteiger partial charge in [0.25, 0.3) is 0 Å². The van der Waals surface area contributed by atoms with Gasteiger partial charge in [-0.25, -0.2) is 4.98 Å². The summed E-state index contributed by atoms with van der Waals surface area (Å²) in [5.74, 6) is 3.87. The molecule has 1 N–H and O–H groups in total. The van der Waals surface area contributed by atoms with Crippen molar-refractivity contribution in [2.75, 3.05) is 12.4 Å². The Kier molecular flexibility index (Phi) is 5.41. The zero-order valence-electron chi connectivity index (χ0n) is 15.4. The van der Waals surface area contributed by atoms with Gasteiger partial charge in [-0.2, -0.15) is 0 Å². The van der Waals surface area contributed by atoms with Crippen LogP contribution in [0.1, 0.15) is 39.5 Å². The average molecular weight is 391 g/mol. The Balaban J connectivity index is 1.30. The second kappa shape index (κ2) is 7.77. The van der Waals surface area contributed by atoms with Crippen LogP contribution in [0.25, 0.3) is 10.2 Å². The van der Waals surface area contributed by atoms with E-state index in [1.54, 1.807) is 11.3 Å². The molecule has 4 nitrogen and oxygen atoms in total. The number of carbonyl (C=O) groups is 1. The van der Waals surface area contributed by atoms with Gasteiger partial charge in [0.2, 0.25) is 5.91 Å². The molecule has 1 aromatic heterocycles. The molecule has 4 rings (SSSR count). The maximum Gasteiger partial charge on any atom is 0.230 e. The fraction of sp³-hybridized carbons (Fsp3) is 0.600. The van der Waals surface area contributed by atoms with E-state index in [-0.39, 0.29) is 5.91 Å². The van der Waals surface area contributed by atoms with E-state index < -0.39 is 0 Å². The van der Waals surface area contributed by atoms with E-state index >= 15 is 0 Å². The molecule has 0 saturated heterocycles. The van der Waals surface area contributed by atoms with E-state index in [1.807, 2.05) is 25.1 Å². The fourth-order valence-corrected chi connectivity index (χ4v) is 6.55. The number of rotatable bonds is 7. The Hall–Kier alpha value is -1.27. The summed E-state index contributed by atoms with van der Waals surface area (Å²) in [5, 5.41) is 3.23. The quantitative estimate of drug-likeness (QED) is 0.695. The van der Waals surface area contributed by atoms with Crippen LogP contribution in [0.5, 0.6) is 5.75 Å². The van der Waals surface area contributed by atoms with Gasteiger partial charge in [0.15, 0.2) is 4.34 Å². The summed E-state index contributed by atoms with van der Waals surface area (Å²) in [6, 6.07) is 6.25. The van der Waals surface area contributed by atoms with Gasteiger partial charge in [0.05, 0.1) is 22.6 Å². The molecule has 140 valence electrons. The second-order valence-corrected chi connectivity index (χ2v) is 9.78. The molecule has 4 atom stereocenters.